The summed E-state index contributed by atoms with van der Waals surface area (Å²) >= 11 is 0. The summed E-state index contributed by atoms with van der Waals surface area (Å²) in [6.45, 7) is 0.293. The number of urea groups is 1. The minimum atomic E-state index is -1.34. The number of aliphatic hydroxyl groups excluding tert-OH is 1. The highest BCUT2D eigenvalue weighted by molar-refractivity contribution is 5.87. The highest BCUT2D eigenvalue weighted by Crippen LogP contribution is 2.16. The number of carbonyl (C=O) groups excluding carboxylic acids is 2. The Hall–Kier alpha value is -1.83. The number of hydrogen-bond acceptors (Lipinski definition) is 4. The third-order valence-corrected chi connectivity index (χ3v) is 2.85. The second-order valence-electron chi connectivity index (χ2n) is 4.18. The Morgan fingerprint density at radius 3 is 2.61 bits per heavy atom. The molecule has 0 aromatic rings. The first-order valence-electron chi connectivity index (χ1n) is 5.64. The van der Waals surface area contributed by atoms with E-state index in [1.54, 1.807) is 0 Å². The molecule has 1 aliphatic heterocycles. The van der Waals surface area contributed by atoms with Crippen molar-refractivity contribution in [2.45, 2.75) is 31.3 Å². The fourth-order valence-corrected chi connectivity index (χ4v) is 1.93. The molecule has 1 unspecified atom stereocenters. The number of nitrogens with zero attached hydrogens (tertiary/aromatic N) is 1. The molecule has 1 heterocycles. The summed E-state index contributed by atoms with van der Waals surface area (Å²) in [7, 11) is 0. The normalized spacial score (nSPS) is 20.5. The summed E-state index contributed by atoms with van der Waals surface area (Å²) in [4.78, 5) is 34.7. The molecule has 0 saturated carbocycles. The fourth-order valence-electron chi connectivity index (χ4n) is 1.93. The first-order chi connectivity index (χ1) is 8.45. The van der Waals surface area contributed by atoms with Gasteiger partial charge in [0.2, 0.25) is 5.91 Å². The quantitative estimate of drug-likeness (QED) is 0.476. The zero-order chi connectivity index (χ0) is 13.7. The molecule has 2 atom stereocenters. The molecule has 8 heteroatoms. The van der Waals surface area contributed by atoms with E-state index in [4.69, 9.17) is 15.9 Å². The van der Waals surface area contributed by atoms with Crippen LogP contribution in [-0.2, 0) is 9.59 Å². The zero-order valence-electron chi connectivity index (χ0n) is 9.83. The second kappa shape index (κ2) is 6.20. The zero-order valence-corrected chi connectivity index (χ0v) is 9.83. The fraction of sp³-hybridized carbons (Fsp3) is 0.700. The molecule has 0 radical (unpaired) electrons. The smallest absolute Gasteiger partial charge is 0.326 e. The van der Waals surface area contributed by atoms with Crippen LogP contribution in [0.5, 0.6) is 0 Å². The molecule has 1 aliphatic rings. The number of hydrogen-bond donors (Lipinski definition) is 4. The summed E-state index contributed by atoms with van der Waals surface area (Å²) in [5.74, 6) is -2.12. The summed E-state index contributed by atoms with van der Waals surface area (Å²) < 4.78 is 0. The molecule has 1 fully saturated rings. The maximum Gasteiger partial charge on any atom is 0.326 e. The number of rotatable bonds is 5. The number of aliphatic hydroxyl groups is 1. The number of aliphatic carboxylic acids is 1. The van der Waals surface area contributed by atoms with Gasteiger partial charge in [-0.2, -0.15) is 0 Å². The Morgan fingerprint density at radius 2 is 2.11 bits per heavy atom. The van der Waals surface area contributed by atoms with Gasteiger partial charge in [0.25, 0.3) is 0 Å². The van der Waals surface area contributed by atoms with E-state index < -0.39 is 30.4 Å². The number of carboxylic acid groups (broad SMARTS) is 1. The lowest BCUT2D eigenvalue weighted by molar-refractivity contribution is -0.141. The maximum atomic E-state index is 11.8. The van der Waals surface area contributed by atoms with Gasteiger partial charge < -0.3 is 26.2 Å². The van der Waals surface area contributed by atoms with Gasteiger partial charge in [-0.1, -0.05) is 0 Å². The van der Waals surface area contributed by atoms with E-state index in [2.05, 4.69) is 5.32 Å². The van der Waals surface area contributed by atoms with Gasteiger partial charge in [0, 0.05) is 6.54 Å². The molecule has 5 N–H and O–H groups in total. The molecule has 0 bridgehead atoms. The Bertz CT molecular complexity index is 346. The van der Waals surface area contributed by atoms with Crippen LogP contribution < -0.4 is 11.1 Å². The molecule has 1 saturated heterocycles. The first kappa shape index (κ1) is 14.2. The molecular formula is C10H17N3O5. The van der Waals surface area contributed by atoms with E-state index in [9.17, 15) is 14.4 Å². The molecule has 0 aromatic heterocycles. The number of carbonyl (C=O) groups is 3. The molecule has 8 nitrogen and oxygen atoms in total. The van der Waals surface area contributed by atoms with Gasteiger partial charge in [0.15, 0.2) is 0 Å². The summed E-state index contributed by atoms with van der Waals surface area (Å²) in [6, 6.07) is -2.23. The summed E-state index contributed by atoms with van der Waals surface area (Å²) in [6.07, 6.45) is 0.975. The Kier molecular flexibility index (Phi) is 4.90. The standard InChI is InChI=1S/C10H17N3O5/c11-8(15)4-7(9(16)17)12-10(18)13-3-1-2-6(13)5-14/h6-7,14H,1-5H2,(H2,11,15)(H,12,18)(H,16,17)/t6?,7-/m0/s1. The van der Waals surface area contributed by atoms with E-state index in [0.29, 0.717) is 13.0 Å². The van der Waals surface area contributed by atoms with Gasteiger partial charge in [-0.25, -0.2) is 9.59 Å². The van der Waals surface area contributed by atoms with Crippen molar-refractivity contribution in [1.29, 1.82) is 0 Å². The average molecular weight is 259 g/mol. The van der Waals surface area contributed by atoms with Gasteiger partial charge in [0.05, 0.1) is 19.1 Å². The van der Waals surface area contributed by atoms with Gasteiger partial charge in [0.1, 0.15) is 6.04 Å². The van der Waals surface area contributed by atoms with Gasteiger partial charge >= 0.3 is 12.0 Å². The largest absolute Gasteiger partial charge is 0.480 e. The Labute approximate surface area is 104 Å². The number of amides is 3. The minimum absolute atomic E-state index is 0.166. The third kappa shape index (κ3) is 3.59. The van der Waals surface area contributed by atoms with Gasteiger partial charge in [-0.05, 0) is 12.8 Å². The van der Waals surface area contributed by atoms with E-state index in [-0.39, 0.29) is 12.6 Å². The molecule has 3 amide bonds. The lowest BCUT2D eigenvalue weighted by Crippen LogP contribution is -2.51. The van der Waals surface area contributed by atoms with E-state index >= 15 is 0 Å². The van der Waals surface area contributed by atoms with Crippen LogP contribution in [0.25, 0.3) is 0 Å². The minimum Gasteiger partial charge on any atom is -0.480 e. The van der Waals surface area contributed by atoms with Crippen LogP contribution in [0.2, 0.25) is 0 Å². The van der Waals surface area contributed by atoms with E-state index in [1.165, 1.54) is 4.90 Å². The monoisotopic (exact) mass is 259 g/mol. The van der Waals surface area contributed by atoms with Crippen LogP contribution in [0.4, 0.5) is 4.79 Å². The van der Waals surface area contributed by atoms with E-state index in [1.807, 2.05) is 0 Å². The number of likely N-dealkylation sites (tertiary alicyclic amines) is 1. The lowest BCUT2D eigenvalue weighted by atomic mass is 10.2. The van der Waals surface area contributed by atoms with E-state index in [0.717, 1.165) is 6.42 Å². The molecule has 18 heavy (non-hydrogen) atoms. The number of primary amides is 1. The molecule has 1 rings (SSSR count). The number of nitrogens with one attached hydrogen (secondary N) is 1. The lowest BCUT2D eigenvalue weighted by Gasteiger charge is -2.25. The van der Waals surface area contributed by atoms with Crippen molar-refractivity contribution in [1.82, 2.24) is 10.2 Å². The van der Waals surface area contributed by atoms with Crippen molar-refractivity contribution in [3.05, 3.63) is 0 Å². The van der Waals surface area contributed by atoms with Crippen LogP contribution >= 0.6 is 0 Å². The van der Waals surface area contributed by atoms with Crippen LogP contribution in [0.1, 0.15) is 19.3 Å². The van der Waals surface area contributed by atoms with Crippen molar-refractivity contribution in [2.24, 2.45) is 5.73 Å². The molecular weight excluding hydrogens is 242 g/mol. The predicted molar refractivity (Wildman–Crippen MR) is 60.6 cm³/mol. The summed E-state index contributed by atoms with van der Waals surface area (Å²) in [5, 5.41) is 20.1. The van der Waals surface area contributed by atoms with Crippen molar-refractivity contribution in [2.75, 3.05) is 13.2 Å². The van der Waals surface area contributed by atoms with Crippen molar-refractivity contribution in [3.8, 4) is 0 Å². The third-order valence-electron chi connectivity index (χ3n) is 2.85. The Balaban J connectivity index is 2.60. The highest BCUT2D eigenvalue weighted by Gasteiger charge is 2.31. The Morgan fingerprint density at radius 1 is 1.44 bits per heavy atom. The van der Waals surface area contributed by atoms with Crippen LogP contribution in [0.3, 0.4) is 0 Å². The van der Waals surface area contributed by atoms with Crippen LogP contribution in [0.15, 0.2) is 0 Å². The SMILES string of the molecule is NC(=O)C[C@H](NC(=O)N1CCCC1CO)C(=O)O. The maximum absolute atomic E-state index is 11.8. The number of carboxylic acids is 1. The number of nitrogens with two attached hydrogens (primary N) is 1. The van der Waals surface area contributed by atoms with Crippen LogP contribution in [0, 0.1) is 0 Å². The molecule has 0 aliphatic carbocycles. The van der Waals surface area contributed by atoms with Gasteiger partial charge in [-0.3, -0.25) is 4.79 Å². The average Bonchev–Trinajstić information content (AvgIpc) is 2.75. The molecule has 0 spiro atoms. The predicted octanol–water partition coefficient (Wildman–Crippen LogP) is -1.52. The molecule has 0 aromatic carbocycles. The van der Waals surface area contributed by atoms with Crippen molar-refractivity contribution < 1.29 is 24.6 Å². The highest BCUT2D eigenvalue weighted by atomic mass is 16.4. The summed E-state index contributed by atoms with van der Waals surface area (Å²) in [5.41, 5.74) is 4.91. The van der Waals surface area contributed by atoms with Crippen molar-refractivity contribution in [3.63, 3.8) is 0 Å². The molecule has 102 valence electrons. The second-order valence-corrected chi connectivity index (χ2v) is 4.18. The van der Waals surface area contributed by atoms with Gasteiger partial charge in [-0.15, -0.1) is 0 Å². The van der Waals surface area contributed by atoms with Crippen molar-refractivity contribution >= 4 is 17.9 Å². The topological polar surface area (TPSA) is 133 Å². The first-order valence-corrected chi connectivity index (χ1v) is 5.64. The van der Waals surface area contributed by atoms with Crippen LogP contribution in [-0.4, -0.2) is 58.3 Å².